The van der Waals surface area contributed by atoms with Crippen LogP contribution in [0.2, 0.25) is 0 Å². The lowest BCUT2D eigenvalue weighted by molar-refractivity contribution is -0.163. The van der Waals surface area contributed by atoms with E-state index in [1.807, 2.05) is 46.4 Å². The number of carbonyl (C=O) groups excluding carboxylic acids is 3. The van der Waals surface area contributed by atoms with Gasteiger partial charge in [-0.25, -0.2) is 0 Å². The van der Waals surface area contributed by atoms with Crippen LogP contribution >= 0.6 is 0 Å². The Morgan fingerprint density at radius 3 is 1.69 bits per heavy atom. The second-order valence-corrected chi connectivity index (χ2v) is 10.4. The fraction of sp³-hybridized carbons (Fsp3) is 0.870. The number of esters is 3. The van der Waals surface area contributed by atoms with Gasteiger partial charge in [-0.05, 0) is 54.4 Å². The molecule has 9 heteroatoms. The first-order valence-corrected chi connectivity index (χ1v) is 11.4. The van der Waals surface area contributed by atoms with Crippen molar-refractivity contribution < 1.29 is 28.6 Å². The summed E-state index contributed by atoms with van der Waals surface area (Å²) in [6.07, 6.45) is 2.44. The van der Waals surface area contributed by atoms with Crippen molar-refractivity contribution in [3.05, 3.63) is 0 Å². The lowest BCUT2D eigenvalue weighted by atomic mass is 9.89. The number of hydrogen-bond donors (Lipinski definition) is 2. The maximum absolute atomic E-state index is 12.7. The van der Waals surface area contributed by atoms with E-state index in [0.717, 1.165) is 19.5 Å². The molecule has 1 aliphatic rings. The largest absolute Gasteiger partial charge is 0.469 e. The minimum atomic E-state index is -0.623. The Morgan fingerprint density at radius 1 is 0.812 bits per heavy atom. The van der Waals surface area contributed by atoms with Crippen LogP contribution in [0.4, 0.5) is 0 Å². The summed E-state index contributed by atoms with van der Waals surface area (Å²) in [5.74, 6) is -1.02. The molecule has 186 valence electrons. The molecule has 0 aliphatic carbocycles. The Bertz CT molecular complexity index is 586. The normalized spacial score (nSPS) is 16.9. The average molecular weight is 458 g/mol. The third-order valence-corrected chi connectivity index (χ3v) is 5.04. The number of nitrogens with zero attached hydrogens (tertiary/aromatic N) is 1. The molecule has 1 fully saturated rings. The lowest BCUT2D eigenvalue weighted by Crippen LogP contribution is -2.61. The van der Waals surface area contributed by atoms with E-state index in [1.165, 1.54) is 7.11 Å². The van der Waals surface area contributed by atoms with Gasteiger partial charge in [-0.1, -0.05) is 6.42 Å². The van der Waals surface area contributed by atoms with Crippen molar-refractivity contribution in [1.82, 2.24) is 15.5 Å². The summed E-state index contributed by atoms with van der Waals surface area (Å²) in [5, 5.41) is 6.84. The van der Waals surface area contributed by atoms with Crippen molar-refractivity contribution in [3.8, 4) is 0 Å². The van der Waals surface area contributed by atoms with E-state index in [2.05, 4.69) is 10.6 Å². The average Bonchev–Trinajstić information content (AvgIpc) is 2.88. The zero-order valence-electron chi connectivity index (χ0n) is 21.0. The maximum atomic E-state index is 12.7. The SMILES string of the molecule is COC(=O)CCCCC1(N(CC(=O)OC(C)(C)C)CC(=O)OC(C)(C)C)CNCCNC1. The van der Waals surface area contributed by atoms with Crippen molar-refractivity contribution in [1.29, 1.82) is 0 Å². The van der Waals surface area contributed by atoms with Crippen LogP contribution in [0.15, 0.2) is 0 Å². The summed E-state index contributed by atoms with van der Waals surface area (Å²) in [7, 11) is 1.38. The Balaban J connectivity index is 3.08. The van der Waals surface area contributed by atoms with Gasteiger partial charge in [0.1, 0.15) is 11.2 Å². The van der Waals surface area contributed by atoms with Gasteiger partial charge in [-0.2, -0.15) is 0 Å². The van der Waals surface area contributed by atoms with Crippen molar-refractivity contribution in [3.63, 3.8) is 0 Å². The number of rotatable bonds is 10. The number of ether oxygens (including phenoxy) is 3. The molecule has 0 aromatic carbocycles. The number of carbonyl (C=O) groups is 3. The van der Waals surface area contributed by atoms with Gasteiger partial charge in [0.2, 0.25) is 0 Å². The number of nitrogens with one attached hydrogen (secondary N) is 2. The maximum Gasteiger partial charge on any atom is 0.320 e. The molecule has 1 saturated heterocycles. The van der Waals surface area contributed by atoms with E-state index in [1.54, 1.807) is 0 Å². The van der Waals surface area contributed by atoms with E-state index in [9.17, 15) is 14.4 Å². The molecule has 0 atom stereocenters. The van der Waals surface area contributed by atoms with Crippen LogP contribution in [0.3, 0.4) is 0 Å². The molecule has 0 unspecified atom stereocenters. The van der Waals surface area contributed by atoms with Crippen molar-refractivity contribution in [2.24, 2.45) is 0 Å². The Labute approximate surface area is 192 Å². The molecule has 1 aliphatic heterocycles. The summed E-state index contributed by atoms with van der Waals surface area (Å²) in [6, 6.07) is 0. The van der Waals surface area contributed by atoms with Crippen LogP contribution in [0.1, 0.15) is 67.2 Å². The first kappa shape index (κ1) is 28.3. The number of unbranched alkanes of at least 4 members (excludes halogenated alkanes) is 1. The van der Waals surface area contributed by atoms with Gasteiger partial charge in [0.25, 0.3) is 0 Å². The molecule has 0 saturated carbocycles. The minimum Gasteiger partial charge on any atom is -0.469 e. The Morgan fingerprint density at radius 2 is 1.28 bits per heavy atom. The van der Waals surface area contributed by atoms with E-state index in [0.29, 0.717) is 32.4 Å². The van der Waals surface area contributed by atoms with Crippen molar-refractivity contribution in [2.45, 2.75) is 84.0 Å². The van der Waals surface area contributed by atoms with Gasteiger partial charge in [0, 0.05) is 38.1 Å². The van der Waals surface area contributed by atoms with Gasteiger partial charge in [0.15, 0.2) is 0 Å². The summed E-state index contributed by atoms with van der Waals surface area (Å²) in [6.45, 7) is 13.6. The molecule has 0 aromatic heterocycles. The fourth-order valence-electron chi connectivity index (χ4n) is 3.72. The zero-order valence-corrected chi connectivity index (χ0v) is 21.0. The van der Waals surface area contributed by atoms with E-state index in [-0.39, 0.29) is 31.0 Å². The lowest BCUT2D eigenvalue weighted by Gasteiger charge is -2.43. The van der Waals surface area contributed by atoms with Gasteiger partial charge >= 0.3 is 17.9 Å². The molecule has 2 N–H and O–H groups in total. The molecule has 0 aromatic rings. The monoisotopic (exact) mass is 457 g/mol. The molecule has 0 radical (unpaired) electrons. The van der Waals surface area contributed by atoms with Gasteiger partial charge in [-0.15, -0.1) is 0 Å². The van der Waals surface area contributed by atoms with Crippen LogP contribution in [0, 0.1) is 0 Å². The van der Waals surface area contributed by atoms with Gasteiger partial charge in [-0.3, -0.25) is 19.3 Å². The summed E-state index contributed by atoms with van der Waals surface area (Å²) < 4.78 is 15.8. The number of methoxy groups -OCH3 is 1. The minimum absolute atomic E-state index is 0.0309. The predicted octanol–water partition coefficient (Wildman–Crippen LogP) is 1.64. The first-order valence-electron chi connectivity index (χ1n) is 11.4. The first-order chi connectivity index (χ1) is 14.8. The van der Waals surface area contributed by atoms with Crippen LogP contribution < -0.4 is 10.6 Å². The van der Waals surface area contributed by atoms with E-state index < -0.39 is 16.7 Å². The second-order valence-electron chi connectivity index (χ2n) is 10.4. The smallest absolute Gasteiger partial charge is 0.320 e. The third-order valence-electron chi connectivity index (χ3n) is 5.04. The van der Waals surface area contributed by atoms with Crippen LogP contribution in [-0.4, -0.2) is 85.9 Å². The molecular formula is C23H43N3O6. The highest BCUT2D eigenvalue weighted by Gasteiger charge is 2.40. The molecular weight excluding hydrogens is 414 g/mol. The molecule has 0 amide bonds. The van der Waals surface area contributed by atoms with Crippen molar-refractivity contribution in [2.75, 3.05) is 46.4 Å². The zero-order chi connectivity index (χ0) is 24.4. The summed E-state index contributed by atoms with van der Waals surface area (Å²) in [4.78, 5) is 38.9. The van der Waals surface area contributed by atoms with E-state index >= 15 is 0 Å². The topological polar surface area (TPSA) is 106 Å². The molecule has 0 spiro atoms. The molecule has 1 rings (SSSR count). The summed E-state index contributed by atoms with van der Waals surface area (Å²) in [5.41, 5.74) is -1.76. The van der Waals surface area contributed by atoms with Gasteiger partial charge < -0.3 is 24.8 Å². The molecule has 1 heterocycles. The highest BCUT2D eigenvalue weighted by molar-refractivity contribution is 5.75. The Kier molecular flexibility index (Phi) is 11.1. The predicted molar refractivity (Wildman–Crippen MR) is 122 cm³/mol. The van der Waals surface area contributed by atoms with E-state index in [4.69, 9.17) is 14.2 Å². The highest BCUT2D eigenvalue weighted by Crippen LogP contribution is 2.25. The molecule has 32 heavy (non-hydrogen) atoms. The number of hydrogen-bond acceptors (Lipinski definition) is 9. The molecule has 0 bridgehead atoms. The summed E-state index contributed by atoms with van der Waals surface area (Å²) >= 11 is 0. The van der Waals surface area contributed by atoms with Crippen LogP contribution in [-0.2, 0) is 28.6 Å². The third kappa shape index (κ3) is 11.2. The van der Waals surface area contributed by atoms with Gasteiger partial charge in [0.05, 0.1) is 20.2 Å². The van der Waals surface area contributed by atoms with Crippen molar-refractivity contribution >= 4 is 17.9 Å². The fourth-order valence-corrected chi connectivity index (χ4v) is 3.72. The standard InChI is InChI=1S/C23H43N3O6/c1-21(2,3)31-19(28)14-26(15-20(29)32-22(4,5)6)23(16-24-12-13-25-17-23)11-9-8-10-18(27)30-7/h24-25H,8-17H2,1-7H3. The molecule has 9 nitrogen and oxygen atoms in total. The highest BCUT2D eigenvalue weighted by atomic mass is 16.6. The van der Waals surface area contributed by atoms with Crippen LogP contribution in [0.5, 0.6) is 0 Å². The van der Waals surface area contributed by atoms with Crippen LogP contribution in [0.25, 0.3) is 0 Å². The quantitative estimate of drug-likeness (QED) is 0.288. The Hall–Kier alpha value is -1.71. The second kappa shape index (κ2) is 12.5.